The Labute approximate surface area is 114 Å². The molecule has 0 saturated carbocycles. The van der Waals surface area contributed by atoms with Crippen LogP contribution in [0.15, 0.2) is 11.6 Å². The minimum Gasteiger partial charge on any atom is -0.358 e. The fourth-order valence-corrected chi connectivity index (χ4v) is 3.25. The lowest BCUT2D eigenvalue weighted by Crippen LogP contribution is -2.44. The van der Waals surface area contributed by atoms with Crippen molar-refractivity contribution in [2.45, 2.75) is 18.9 Å². The van der Waals surface area contributed by atoms with E-state index in [0.717, 1.165) is 25.9 Å². The number of likely N-dealkylation sites (N-methyl/N-ethyl adjacent to an activating group) is 1. The number of thiazole rings is 1. The quantitative estimate of drug-likeness (QED) is 0.681. The van der Waals surface area contributed by atoms with Crippen LogP contribution in [-0.2, 0) is 0 Å². The van der Waals surface area contributed by atoms with Gasteiger partial charge in [0.15, 0.2) is 0 Å². The average Bonchev–Trinajstić information content (AvgIpc) is 2.98. The van der Waals surface area contributed by atoms with Crippen LogP contribution in [-0.4, -0.2) is 40.5 Å². The normalized spacial score (nSPS) is 20.1. The van der Waals surface area contributed by atoms with E-state index in [9.17, 15) is 10.1 Å². The lowest BCUT2D eigenvalue weighted by atomic mass is 10.1. The number of rotatable bonds is 3. The molecular weight excluding hydrogens is 266 g/mol. The second kappa shape index (κ2) is 4.78. The Bertz CT molecular complexity index is 607. The fraction of sp³-hybridized carbons (Fsp3) is 0.545. The molecule has 19 heavy (non-hydrogen) atoms. The van der Waals surface area contributed by atoms with E-state index in [1.807, 2.05) is 17.3 Å². The molecule has 1 aliphatic heterocycles. The van der Waals surface area contributed by atoms with Gasteiger partial charge in [-0.3, -0.25) is 0 Å². The van der Waals surface area contributed by atoms with Crippen molar-refractivity contribution in [2.24, 2.45) is 0 Å². The van der Waals surface area contributed by atoms with E-state index in [4.69, 9.17) is 0 Å². The van der Waals surface area contributed by atoms with Crippen molar-refractivity contribution >= 4 is 27.9 Å². The van der Waals surface area contributed by atoms with Crippen LogP contribution < -0.4 is 10.2 Å². The first-order chi connectivity index (χ1) is 9.20. The summed E-state index contributed by atoms with van der Waals surface area (Å²) >= 11 is 1.42. The zero-order valence-electron chi connectivity index (χ0n) is 10.6. The molecule has 1 fully saturated rings. The van der Waals surface area contributed by atoms with Crippen molar-refractivity contribution in [3.63, 3.8) is 0 Å². The maximum absolute atomic E-state index is 11.3. The van der Waals surface area contributed by atoms with Gasteiger partial charge in [-0.25, -0.2) is 0 Å². The van der Waals surface area contributed by atoms with Crippen LogP contribution in [0.4, 0.5) is 11.6 Å². The van der Waals surface area contributed by atoms with Gasteiger partial charge in [-0.1, -0.05) is 11.3 Å². The highest BCUT2D eigenvalue weighted by molar-refractivity contribution is 7.15. The molecule has 3 rings (SSSR count). The number of imidazole rings is 1. The number of nitrogens with one attached hydrogen (secondary N) is 1. The Kier molecular flexibility index (Phi) is 3.11. The van der Waals surface area contributed by atoms with Gasteiger partial charge in [0.25, 0.3) is 4.96 Å². The molecule has 2 aromatic heterocycles. The lowest BCUT2D eigenvalue weighted by molar-refractivity contribution is -0.389. The first kappa shape index (κ1) is 12.4. The van der Waals surface area contributed by atoms with Gasteiger partial charge < -0.3 is 20.3 Å². The number of fused-ring (bicyclic) bond motifs is 1. The molecule has 102 valence electrons. The van der Waals surface area contributed by atoms with Crippen LogP contribution in [0.3, 0.4) is 0 Å². The summed E-state index contributed by atoms with van der Waals surface area (Å²) in [5, 5.41) is 16.3. The standard InChI is InChI=1S/C11H15N5O2S/c1-12-8-3-2-4-14(7-8)9-10(16(17)18)15-5-6-19-11(15)13-9/h5-6,8,12H,2-4,7H2,1H3. The molecule has 1 unspecified atom stereocenters. The number of anilines is 1. The number of piperidine rings is 1. The van der Waals surface area contributed by atoms with E-state index in [2.05, 4.69) is 10.3 Å². The van der Waals surface area contributed by atoms with Crippen LogP contribution in [0.25, 0.3) is 4.96 Å². The Hall–Kier alpha value is -1.67. The van der Waals surface area contributed by atoms with Gasteiger partial charge in [-0.2, -0.15) is 9.38 Å². The third-order valence-corrected chi connectivity index (χ3v) is 4.28. The molecule has 0 spiro atoms. The molecule has 1 N–H and O–H groups in total. The van der Waals surface area contributed by atoms with Crippen molar-refractivity contribution < 1.29 is 4.92 Å². The van der Waals surface area contributed by atoms with Gasteiger partial charge in [-0.05, 0) is 24.8 Å². The first-order valence-electron chi connectivity index (χ1n) is 6.23. The number of nitrogens with zero attached hydrogens (tertiary/aromatic N) is 4. The summed E-state index contributed by atoms with van der Waals surface area (Å²) in [6.45, 7) is 1.59. The zero-order chi connectivity index (χ0) is 13.4. The predicted molar refractivity (Wildman–Crippen MR) is 74.0 cm³/mol. The molecular formula is C11H15N5O2S. The van der Waals surface area contributed by atoms with Crippen LogP contribution in [0.2, 0.25) is 0 Å². The molecule has 8 heteroatoms. The molecule has 1 atom stereocenters. The lowest BCUT2D eigenvalue weighted by Gasteiger charge is -2.32. The summed E-state index contributed by atoms with van der Waals surface area (Å²) in [4.78, 5) is 18.1. The van der Waals surface area contributed by atoms with E-state index in [1.165, 1.54) is 11.3 Å². The number of aromatic nitrogens is 2. The Morgan fingerprint density at radius 2 is 2.47 bits per heavy atom. The van der Waals surface area contributed by atoms with E-state index in [-0.39, 0.29) is 10.7 Å². The first-order valence-corrected chi connectivity index (χ1v) is 7.11. The number of hydrogen-bond acceptors (Lipinski definition) is 6. The van der Waals surface area contributed by atoms with E-state index < -0.39 is 0 Å². The fourth-order valence-electron chi connectivity index (χ4n) is 2.55. The SMILES string of the molecule is CNC1CCCN(c2nc3sccn3c2[N+](=O)[O-])C1. The highest BCUT2D eigenvalue weighted by Gasteiger charge is 2.30. The number of hydrogen-bond donors (Lipinski definition) is 1. The second-order valence-electron chi connectivity index (χ2n) is 4.65. The third kappa shape index (κ3) is 2.06. The predicted octanol–water partition coefficient (Wildman–Crippen LogP) is 1.49. The van der Waals surface area contributed by atoms with Crippen LogP contribution >= 0.6 is 11.3 Å². The minimum atomic E-state index is -0.342. The molecule has 0 radical (unpaired) electrons. The van der Waals surface area contributed by atoms with Crippen molar-refractivity contribution in [3.05, 3.63) is 21.7 Å². The van der Waals surface area contributed by atoms with Crippen molar-refractivity contribution in [1.82, 2.24) is 14.7 Å². The Morgan fingerprint density at radius 1 is 1.63 bits per heavy atom. The van der Waals surface area contributed by atoms with Crippen LogP contribution in [0.5, 0.6) is 0 Å². The molecule has 0 amide bonds. The molecule has 0 aliphatic carbocycles. The summed E-state index contributed by atoms with van der Waals surface area (Å²) in [6, 6.07) is 0.369. The molecule has 0 aromatic carbocycles. The van der Waals surface area contributed by atoms with Gasteiger partial charge in [0, 0.05) is 24.5 Å². The van der Waals surface area contributed by atoms with E-state index in [0.29, 0.717) is 16.8 Å². The largest absolute Gasteiger partial charge is 0.373 e. The monoisotopic (exact) mass is 281 g/mol. The maximum atomic E-state index is 11.3. The summed E-state index contributed by atoms with van der Waals surface area (Å²) < 4.78 is 1.56. The summed E-state index contributed by atoms with van der Waals surface area (Å²) in [5.74, 6) is 0.574. The Morgan fingerprint density at radius 3 is 3.21 bits per heavy atom. The Balaban J connectivity index is 2.01. The van der Waals surface area contributed by atoms with Crippen molar-refractivity contribution in [2.75, 3.05) is 25.0 Å². The van der Waals surface area contributed by atoms with Gasteiger partial charge >= 0.3 is 5.82 Å². The minimum absolute atomic E-state index is 0.0769. The average molecular weight is 281 g/mol. The maximum Gasteiger partial charge on any atom is 0.373 e. The number of nitro groups is 1. The summed E-state index contributed by atoms with van der Waals surface area (Å²) in [5.41, 5.74) is 0. The van der Waals surface area contributed by atoms with Crippen molar-refractivity contribution in [1.29, 1.82) is 0 Å². The molecule has 1 saturated heterocycles. The molecule has 0 bridgehead atoms. The molecule has 3 heterocycles. The van der Waals surface area contributed by atoms with Gasteiger partial charge in [0.05, 0.1) is 0 Å². The highest BCUT2D eigenvalue weighted by Crippen LogP contribution is 2.32. The highest BCUT2D eigenvalue weighted by atomic mass is 32.1. The topological polar surface area (TPSA) is 75.7 Å². The van der Waals surface area contributed by atoms with Crippen LogP contribution in [0.1, 0.15) is 12.8 Å². The molecule has 7 nitrogen and oxygen atoms in total. The second-order valence-corrected chi connectivity index (χ2v) is 5.52. The smallest absolute Gasteiger partial charge is 0.358 e. The van der Waals surface area contributed by atoms with E-state index >= 15 is 0 Å². The third-order valence-electron chi connectivity index (χ3n) is 3.52. The molecule has 1 aliphatic rings. The van der Waals surface area contributed by atoms with Crippen LogP contribution in [0, 0.1) is 10.1 Å². The summed E-state index contributed by atoms with van der Waals surface area (Å²) in [7, 11) is 1.92. The van der Waals surface area contributed by atoms with Gasteiger partial charge in [0.1, 0.15) is 6.20 Å². The van der Waals surface area contributed by atoms with Gasteiger partial charge in [-0.15, -0.1) is 0 Å². The van der Waals surface area contributed by atoms with Crippen molar-refractivity contribution in [3.8, 4) is 0 Å². The molecule has 2 aromatic rings. The van der Waals surface area contributed by atoms with E-state index in [1.54, 1.807) is 10.6 Å². The zero-order valence-corrected chi connectivity index (χ0v) is 11.4. The summed E-state index contributed by atoms with van der Waals surface area (Å²) in [6.07, 6.45) is 3.82. The van der Waals surface area contributed by atoms with Gasteiger partial charge in [0.2, 0.25) is 5.82 Å².